The predicted molar refractivity (Wildman–Crippen MR) is 108 cm³/mol. The van der Waals surface area contributed by atoms with Crippen LogP contribution in [-0.2, 0) is 22.3 Å². The van der Waals surface area contributed by atoms with E-state index in [-0.39, 0.29) is 5.75 Å². The maximum atomic E-state index is 12.3. The molecule has 0 unspecified atom stereocenters. The van der Waals surface area contributed by atoms with Crippen molar-refractivity contribution in [3.05, 3.63) is 53.3 Å². The number of sulfonamides is 1. The van der Waals surface area contributed by atoms with Gasteiger partial charge in [-0.25, -0.2) is 13.1 Å². The Morgan fingerprint density at radius 3 is 2.78 bits per heavy atom. The highest BCUT2D eigenvalue weighted by molar-refractivity contribution is 7.88. The normalized spacial score (nSPS) is 18.9. The minimum Gasteiger partial charge on any atom is -0.297 e. The molecule has 1 saturated heterocycles. The van der Waals surface area contributed by atoms with E-state index in [1.165, 1.54) is 0 Å². The average Bonchev–Trinajstić information content (AvgIpc) is 3.10. The molecule has 0 amide bonds. The van der Waals surface area contributed by atoms with Crippen molar-refractivity contribution in [2.45, 2.75) is 44.9 Å². The molecular formula is C20H30N4O2S. The number of aromatic amines is 1. The highest BCUT2D eigenvalue weighted by Crippen LogP contribution is 2.19. The minimum atomic E-state index is -3.30. The number of nitrogens with one attached hydrogen (secondary N) is 2. The molecule has 0 spiro atoms. The smallest absolute Gasteiger partial charge is 0.215 e. The van der Waals surface area contributed by atoms with Crippen molar-refractivity contribution in [1.82, 2.24) is 19.8 Å². The van der Waals surface area contributed by atoms with Gasteiger partial charge in [0, 0.05) is 25.3 Å². The fraction of sp³-hybridized carbons (Fsp3) is 0.550. The molecule has 7 heteroatoms. The first-order chi connectivity index (χ1) is 12.9. The summed E-state index contributed by atoms with van der Waals surface area (Å²) in [6.07, 6.45) is 2.15. The largest absolute Gasteiger partial charge is 0.297 e. The van der Waals surface area contributed by atoms with Crippen LogP contribution in [0.3, 0.4) is 0 Å². The Labute approximate surface area is 162 Å². The van der Waals surface area contributed by atoms with Crippen LogP contribution in [0.15, 0.2) is 36.4 Å². The highest BCUT2D eigenvalue weighted by Gasteiger charge is 2.22. The lowest BCUT2D eigenvalue weighted by Gasteiger charge is -2.32. The number of aromatic nitrogens is 2. The number of hydrogen-bond acceptors (Lipinski definition) is 4. The van der Waals surface area contributed by atoms with Crippen LogP contribution >= 0.6 is 0 Å². The SMILES string of the molecule is CC(C)c1cc(CN2CCC[C@@H](CNS(=O)(=O)Cc3ccccc3)C2)[nH]n1. The van der Waals surface area contributed by atoms with Gasteiger partial charge in [-0.1, -0.05) is 44.2 Å². The van der Waals surface area contributed by atoms with E-state index in [0.717, 1.165) is 49.4 Å². The Balaban J connectivity index is 1.49. The van der Waals surface area contributed by atoms with Gasteiger partial charge in [0.2, 0.25) is 10.0 Å². The number of benzene rings is 1. The minimum absolute atomic E-state index is 0.0381. The van der Waals surface area contributed by atoms with Crippen molar-refractivity contribution in [2.75, 3.05) is 19.6 Å². The van der Waals surface area contributed by atoms with Gasteiger partial charge in [-0.2, -0.15) is 5.10 Å². The monoisotopic (exact) mass is 390 g/mol. The van der Waals surface area contributed by atoms with E-state index in [0.29, 0.717) is 18.4 Å². The van der Waals surface area contributed by atoms with Crippen LogP contribution < -0.4 is 4.72 Å². The molecule has 1 aromatic heterocycles. The molecule has 148 valence electrons. The summed E-state index contributed by atoms with van der Waals surface area (Å²) in [5, 5.41) is 7.49. The first-order valence-electron chi connectivity index (χ1n) is 9.69. The summed E-state index contributed by atoms with van der Waals surface area (Å²) >= 11 is 0. The van der Waals surface area contributed by atoms with E-state index in [1.807, 2.05) is 30.3 Å². The van der Waals surface area contributed by atoms with Crippen molar-refractivity contribution in [2.24, 2.45) is 5.92 Å². The van der Waals surface area contributed by atoms with Gasteiger partial charge in [0.05, 0.1) is 11.4 Å². The molecule has 2 aromatic rings. The van der Waals surface area contributed by atoms with Gasteiger partial charge in [-0.15, -0.1) is 0 Å². The third-order valence-corrected chi connectivity index (χ3v) is 6.35. The summed E-state index contributed by atoms with van der Waals surface area (Å²) in [6, 6.07) is 11.4. The van der Waals surface area contributed by atoms with E-state index < -0.39 is 10.0 Å². The summed E-state index contributed by atoms with van der Waals surface area (Å²) in [4.78, 5) is 2.39. The lowest BCUT2D eigenvalue weighted by atomic mass is 9.98. The van der Waals surface area contributed by atoms with Crippen molar-refractivity contribution in [3.63, 3.8) is 0 Å². The molecule has 1 aliphatic rings. The molecule has 3 rings (SSSR count). The lowest BCUT2D eigenvalue weighted by Crippen LogP contribution is -2.40. The Hall–Kier alpha value is -1.70. The van der Waals surface area contributed by atoms with Gasteiger partial charge in [-0.05, 0) is 42.9 Å². The van der Waals surface area contributed by atoms with Gasteiger partial charge < -0.3 is 0 Å². The topological polar surface area (TPSA) is 78.1 Å². The number of H-pyrrole nitrogens is 1. The van der Waals surface area contributed by atoms with Crippen LogP contribution in [0.5, 0.6) is 0 Å². The summed E-state index contributed by atoms with van der Waals surface area (Å²) in [7, 11) is -3.30. The molecule has 0 aliphatic carbocycles. The van der Waals surface area contributed by atoms with E-state index in [1.54, 1.807) is 0 Å². The fourth-order valence-electron chi connectivity index (χ4n) is 3.55. The van der Waals surface area contributed by atoms with E-state index in [9.17, 15) is 8.42 Å². The van der Waals surface area contributed by atoms with Gasteiger partial charge in [0.1, 0.15) is 0 Å². The van der Waals surface area contributed by atoms with Crippen molar-refractivity contribution < 1.29 is 8.42 Å². The van der Waals surface area contributed by atoms with Crippen LogP contribution in [0.1, 0.15) is 49.6 Å². The van der Waals surface area contributed by atoms with Crippen LogP contribution in [0.4, 0.5) is 0 Å². The second-order valence-corrected chi connectivity index (χ2v) is 9.62. The Morgan fingerprint density at radius 1 is 1.30 bits per heavy atom. The number of hydrogen-bond donors (Lipinski definition) is 2. The van der Waals surface area contributed by atoms with E-state index in [4.69, 9.17) is 0 Å². The van der Waals surface area contributed by atoms with Gasteiger partial charge in [-0.3, -0.25) is 10.00 Å². The molecule has 0 radical (unpaired) electrons. The van der Waals surface area contributed by atoms with Gasteiger partial charge in [0.25, 0.3) is 0 Å². The lowest BCUT2D eigenvalue weighted by molar-refractivity contribution is 0.167. The average molecular weight is 391 g/mol. The Morgan fingerprint density at radius 2 is 2.07 bits per heavy atom. The summed E-state index contributed by atoms with van der Waals surface area (Å²) < 4.78 is 27.5. The summed E-state index contributed by atoms with van der Waals surface area (Å²) in [5.74, 6) is 0.802. The quantitative estimate of drug-likeness (QED) is 0.726. The maximum Gasteiger partial charge on any atom is 0.215 e. The zero-order valence-electron chi connectivity index (χ0n) is 16.2. The Kier molecular flexibility index (Phi) is 6.68. The molecule has 0 saturated carbocycles. The van der Waals surface area contributed by atoms with Gasteiger partial charge >= 0.3 is 0 Å². The summed E-state index contributed by atoms with van der Waals surface area (Å²) in [6.45, 7) is 7.57. The third-order valence-electron chi connectivity index (χ3n) is 5.03. The van der Waals surface area contributed by atoms with Gasteiger partial charge in [0.15, 0.2) is 0 Å². The number of likely N-dealkylation sites (tertiary alicyclic amines) is 1. The molecule has 1 aromatic carbocycles. The number of piperidine rings is 1. The van der Waals surface area contributed by atoms with E-state index >= 15 is 0 Å². The molecule has 6 nitrogen and oxygen atoms in total. The molecule has 1 fully saturated rings. The van der Waals surface area contributed by atoms with Crippen LogP contribution in [0, 0.1) is 5.92 Å². The number of rotatable bonds is 8. The first-order valence-corrected chi connectivity index (χ1v) is 11.3. The summed E-state index contributed by atoms with van der Waals surface area (Å²) in [5.41, 5.74) is 3.03. The van der Waals surface area contributed by atoms with Crippen LogP contribution in [-0.4, -0.2) is 43.1 Å². The third kappa shape index (κ3) is 6.16. The predicted octanol–water partition coefficient (Wildman–Crippen LogP) is 2.86. The van der Waals surface area contributed by atoms with Crippen molar-refractivity contribution in [1.29, 1.82) is 0 Å². The van der Waals surface area contributed by atoms with Crippen molar-refractivity contribution in [3.8, 4) is 0 Å². The first kappa shape index (κ1) is 20.0. The number of nitrogens with zero attached hydrogens (tertiary/aromatic N) is 2. The van der Waals surface area contributed by atoms with Crippen molar-refractivity contribution >= 4 is 10.0 Å². The second kappa shape index (κ2) is 8.99. The maximum absolute atomic E-state index is 12.3. The zero-order chi connectivity index (χ0) is 19.3. The van der Waals surface area contributed by atoms with E-state index in [2.05, 4.69) is 39.7 Å². The molecule has 2 heterocycles. The molecule has 1 atom stereocenters. The fourth-order valence-corrected chi connectivity index (χ4v) is 4.77. The highest BCUT2D eigenvalue weighted by atomic mass is 32.2. The zero-order valence-corrected chi connectivity index (χ0v) is 17.0. The molecular weight excluding hydrogens is 360 g/mol. The standard InChI is InChI=1S/C20H30N4O2S/c1-16(2)20-11-19(22-23-20)14-24-10-6-9-18(13-24)12-21-27(25,26)15-17-7-4-3-5-8-17/h3-5,7-8,11,16,18,21H,6,9-10,12-15H2,1-2H3,(H,22,23)/t18-/m0/s1. The van der Waals surface area contributed by atoms with Crippen LogP contribution in [0.25, 0.3) is 0 Å². The molecule has 2 N–H and O–H groups in total. The van der Waals surface area contributed by atoms with Crippen LogP contribution in [0.2, 0.25) is 0 Å². The molecule has 1 aliphatic heterocycles. The Bertz CT molecular complexity index is 818. The second-order valence-electron chi connectivity index (χ2n) is 7.81. The molecule has 0 bridgehead atoms. The molecule has 27 heavy (non-hydrogen) atoms.